The third-order valence-corrected chi connectivity index (χ3v) is 8.47. The third-order valence-electron chi connectivity index (χ3n) is 6.77. The van der Waals surface area contributed by atoms with Crippen molar-refractivity contribution in [2.24, 2.45) is 0 Å². The van der Waals surface area contributed by atoms with Gasteiger partial charge in [-0.2, -0.15) is 0 Å². The number of imidazole rings is 1. The average molecular weight is 474 g/mol. The van der Waals surface area contributed by atoms with Gasteiger partial charge in [-0.1, -0.05) is 60.2 Å². The van der Waals surface area contributed by atoms with E-state index < -0.39 is 28.3 Å². The molecule has 34 heavy (non-hydrogen) atoms. The Morgan fingerprint density at radius 1 is 0.824 bits per heavy atom. The minimum Gasteiger partial charge on any atom is -0.399 e. The van der Waals surface area contributed by atoms with Crippen LogP contribution in [-0.4, -0.2) is 35.7 Å². The number of para-hydroxylation sites is 1. The maximum absolute atomic E-state index is 14.1. The summed E-state index contributed by atoms with van der Waals surface area (Å²) in [7, 11) is -4.72. The van der Waals surface area contributed by atoms with E-state index in [0.29, 0.717) is 27.9 Å². The van der Waals surface area contributed by atoms with Gasteiger partial charge in [0.15, 0.2) is 5.82 Å². The summed E-state index contributed by atoms with van der Waals surface area (Å²) in [5.41, 5.74) is 2.19. The SMILES string of the molecule is Cc1ccc(S(=O)(=O)n2c(-c3ccccc3)nc3cccc(B4OC(C)(C)C(C)(C)O4)c32)cc1. The molecule has 0 amide bonds. The maximum atomic E-state index is 14.1. The summed E-state index contributed by atoms with van der Waals surface area (Å²) in [4.78, 5) is 4.96. The van der Waals surface area contributed by atoms with Crippen molar-refractivity contribution in [1.82, 2.24) is 8.96 Å². The second-order valence-corrected chi connectivity index (χ2v) is 11.5. The smallest absolute Gasteiger partial charge is 0.399 e. The molecule has 0 unspecified atom stereocenters. The molecule has 3 aromatic carbocycles. The van der Waals surface area contributed by atoms with E-state index in [2.05, 4.69) is 0 Å². The zero-order chi connectivity index (χ0) is 24.3. The molecule has 1 aromatic heterocycles. The van der Waals surface area contributed by atoms with Gasteiger partial charge in [0, 0.05) is 11.0 Å². The molecule has 8 heteroatoms. The fraction of sp³-hybridized carbons (Fsp3) is 0.269. The zero-order valence-corrected chi connectivity index (χ0v) is 20.8. The predicted molar refractivity (Wildman–Crippen MR) is 135 cm³/mol. The van der Waals surface area contributed by atoms with Crippen molar-refractivity contribution in [3.05, 3.63) is 78.4 Å². The van der Waals surface area contributed by atoms with Crippen LogP contribution >= 0.6 is 0 Å². The lowest BCUT2D eigenvalue weighted by atomic mass is 9.78. The molecule has 0 atom stereocenters. The fourth-order valence-electron chi connectivity index (χ4n) is 4.10. The highest BCUT2D eigenvalue weighted by Gasteiger charge is 2.52. The Morgan fingerprint density at radius 2 is 1.44 bits per heavy atom. The molecule has 2 heterocycles. The second kappa shape index (κ2) is 7.80. The predicted octanol–water partition coefficient (Wildman–Crippen LogP) is 4.55. The van der Waals surface area contributed by atoms with E-state index in [0.717, 1.165) is 5.56 Å². The van der Waals surface area contributed by atoms with Crippen molar-refractivity contribution in [1.29, 1.82) is 0 Å². The number of rotatable bonds is 4. The van der Waals surface area contributed by atoms with Gasteiger partial charge in [0.2, 0.25) is 0 Å². The van der Waals surface area contributed by atoms with Crippen molar-refractivity contribution < 1.29 is 17.7 Å². The molecule has 1 saturated heterocycles. The molecule has 174 valence electrons. The number of nitrogens with zero attached hydrogens (tertiary/aromatic N) is 2. The normalized spacial score (nSPS) is 17.4. The molecule has 5 rings (SSSR count). The minimum atomic E-state index is -3.98. The summed E-state index contributed by atoms with van der Waals surface area (Å²) in [6.45, 7) is 9.83. The second-order valence-electron chi connectivity index (χ2n) is 9.69. The van der Waals surface area contributed by atoms with Gasteiger partial charge in [-0.25, -0.2) is 17.4 Å². The molecule has 0 saturated carbocycles. The largest absolute Gasteiger partial charge is 0.497 e. The maximum Gasteiger partial charge on any atom is 0.497 e. The van der Waals surface area contributed by atoms with Gasteiger partial charge in [-0.05, 0) is 52.8 Å². The van der Waals surface area contributed by atoms with Crippen molar-refractivity contribution in [2.45, 2.75) is 50.7 Å². The van der Waals surface area contributed by atoms with Crippen LogP contribution in [0.5, 0.6) is 0 Å². The topological polar surface area (TPSA) is 70.4 Å². The fourth-order valence-corrected chi connectivity index (χ4v) is 5.61. The van der Waals surface area contributed by atoms with Crippen molar-refractivity contribution >= 4 is 33.6 Å². The molecule has 6 nitrogen and oxygen atoms in total. The molecule has 0 bridgehead atoms. The number of benzene rings is 3. The van der Waals surface area contributed by atoms with Crippen LogP contribution in [0.2, 0.25) is 0 Å². The first-order valence-corrected chi connectivity index (χ1v) is 12.7. The lowest BCUT2D eigenvalue weighted by Crippen LogP contribution is -2.41. The van der Waals surface area contributed by atoms with Crippen molar-refractivity contribution in [2.75, 3.05) is 0 Å². The molecule has 4 aromatic rings. The molecule has 1 aliphatic heterocycles. The van der Waals surface area contributed by atoms with Crippen LogP contribution in [0.3, 0.4) is 0 Å². The summed E-state index contributed by atoms with van der Waals surface area (Å²) in [6, 6.07) is 21.7. The van der Waals surface area contributed by atoms with Gasteiger partial charge in [0.1, 0.15) is 0 Å². The highest BCUT2D eigenvalue weighted by Crippen LogP contribution is 2.38. The van der Waals surface area contributed by atoms with Gasteiger partial charge < -0.3 is 9.31 Å². The number of fused-ring (bicyclic) bond motifs is 1. The quantitative estimate of drug-likeness (QED) is 0.406. The lowest BCUT2D eigenvalue weighted by molar-refractivity contribution is 0.00578. The molecule has 1 aliphatic rings. The van der Waals surface area contributed by atoms with Crippen LogP contribution in [0.15, 0.2) is 77.7 Å². The highest BCUT2D eigenvalue weighted by molar-refractivity contribution is 7.90. The van der Waals surface area contributed by atoms with Crippen molar-refractivity contribution in [3.8, 4) is 11.4 Å². The standard InChI is InChI=1S/C26H27BN2O4S/c1-18-14-16-20(17-15-18)34(30,31)29-23-21(27-32-25(2,3)26(4,5)33-27)12-9-13-22(23)28-24(29)19-10-7-6-8-11-19/h6-17H,1-5H3. The monoisotopic (exact) mass is 474 g/mol. The van der Waals surface area contributed by atoms with E-state index >= 15 is 0 Å². The minimum absolute atomic E-state index is 0.193. The average Bonchev–Trinajstić information content (AvgIpc) is 3.29. The van der Waals surface area contributed by atoms with E-state index in [-0.39, 0.29) is 4.90 Å². The lowest BCUT2D eigenvalue weighted by Gasteiger charge is -2.32. The summed E-state index contributed by atoms with van der Waals surface area (Å²) in [5.74, 6) is 0.347. The molecule has 1 fully saturated rings. The van der Waals surface area contributed by atoms with E-state index in [1.807, 2.05) is 83.1 Å². The van der Waals surface area contributed by atoms with Crippen LogP contribution in [0, 0.1) is 6.92 Å². The molecular formula is C26H27BN2O4S. The Balaban J connectivity index is 1.81. The summed E-state index contributed by atoms with van der Waals surface area (Å²) >= 11 is 0. The van der Waals surface area contributed by atoms with Crippen molar-refractivity contribution in [3.63, 3.8) is 0 Å². The third kappa shape index (κ3) is 3.57. The van der Waals surface area contributed by atoms with Crippen LogP contribution in [-0.2, 0) is 19.3 Å². The highest BCUT2D eigenvalue weighted by atomic mass is 32.2. The Kier molecular flexibility index (Phi) is 5.24. The Bertz CT molecular complexity index is 1460. The Hall–Kier alpha value is -2.94. The van der Waals surface area contributed by atoms with E-state index in [9.17, 15) is 8.42 Å². The Labute approximate surface area is 200 Å². The summed E-state index contributed by atoms with van der Waals surface area (Å²) in [6.07, 6.45) is 0. The molecular weight excluding hydrogens is 447 g/mol. The number of aryl methyl sites for hydroxylation is 1. The first-order chi connectivity index (χ1) is 16.0. The van der Waals surface area contributed by atoms with Gasteiger partial charge >= 0.3 is 7.12 Å². The van der Waals surface area contributed by atoms with E-state index in [1.54, 1.807) is 24.3 Å². The van der Waals surface area contributed by atoms with Crippen LogP contribution in [0.25, 0.3) is 22.4 Å². The van der Waals surface area contributed by atoms with Crippen LogP contribution in [0.4, 0.5) is 0 Å². The van der Waals surface area contributed by atoms with Gasteiger partial charge in [-0.3, -0.25) is 0 Å². The van der Waals surface area contributed by atoms with E-state index in [4.69, 9.17) is 14.3 Å². The molecule has 0 radical (unpaired) electrons. The number of aromatic nitrogens is 2. The first kappa shape index (κ1) is 22.8. The van der Waals surface area contributed by atoms with Gasteiger partial charge in [0.25, 0.3) is 10.0 Å². The van der Waals surface area contributed by atoms with Crippen LogP contribution in [0.1, 0.15) is 33.3 Å². The summed E-state index contributed by atoms with van der Waals surface area (Å²) < 4.78 is 42.1. The number of hydrogen-bond acceptors (Lipinski definition) is 5. The zero-order valence-electron chi connectivity index (χ0n) is 19.9. The molecule has 0 aliphatic carbocycles. The summed E-state index contributed by atoms with van der Waals surface area (Å²) in [5, 5.41) is 0. The van der Waals surface area contributed by atoms with E-state index in [1.165, 1.54) is 3.97 Å². The molecule has 0 N–H and O–H groups in total. The molecule has 0 spiro atoms. The Morgan fingerprint density at radius 3 is 2.06 bits per heavy atom. The van der Waals surface area contributed by atoms with Gasteiger partial charge in [-0.15, -0.1) is 0 Å². The first-order valence-electron chi connectivity index (χ1n) is 11.3. The van der Waals surface area contributed by atoms with Crippen LogP contribution < -0.4 is 5.46 Å². The van der Waals surface area contributed by atoms with Gasteiger partial charge in [0.05, 0.1) is 27.1 Å². The number of hydrogen-bond donors (Lipinski definition) is 0.